The van der Waals surface area contributed by atoms with Crippen molar-refractivity contribution in [3.63, 3.8) is 0 Å². The summed E-state index contributed by atoms with van der Waals surface area (Å²) in [6.07, 6.45) is 0. The molecule has 6 heteroatoms. The maximum Gasteiger partial charge on any atom is 0.157 e. The van der Waals surface area contributed by atoms with Crippen molar-refractivity contribution in [1.82, 2.24) is 10.2 Å². The maximum absolute atomic E-state index is 6.32. The van der Waals surface area contributed by atoms with Crippen LogP contribution < -0.4 is 9.80 Å². The second-order valence-corrected chi connectivity index (χ2v) is 6.36. The molecule has 0 saturated carbocycles. The number of anilines is 3. The molecule has 0 aliphatic carbocycles. The number of hydrogen-bond donors (Lipinski definition) is 0. The smallest absolute Gasteiger partial charge is 0.157 e. The maximum atomic E-state index is 6.32. The number of hydrogen-bond acceptors (Lipinski definition) is 4. The first-order valence-corrected chi connectivity index (χ1v) is 8.32. The lowest BCUT2D eigenvalue weighted by atomic mass is 10.2. The van der Waals surface area contributed by atoms with Gasteiger partial charge >= 0.3 is 0 Å². The lowest BCUT2D eigenvalue weighted by molar-refractivity contribution is 0.820. The van der Waals surface area contributed by atoms with E-state index in [-0.39, 0.29) is 0 Å². The normalized spacial score (nSPS) is 13.2. The van der Waals surface area contributed by atoms with Crippen molar-refractivity contribution < 1.29 is 0 Å². The first kappa shape index (κ1) is 15.2. The molecule has 4 rings (SSSR count). The van der Waals surface area contributed by atoms with E-state index in [0.29, 0.717) is 11.8 Å². The molecule has 0 spiro atoms. The third-order valence-corrected chi connectivity index (χ3v) is 4.61. The van der Waals surface area contributed by atoms with Crippen molar-refractivity contribution in [2.45, 2.75) is 6.54 Å². The Labute approximate surface area is 150 Å². The van der Waals surface area contributed by atoms with E-state index in [1.165, 1.54) is 0 Å². The molecule has 0 atom stereocenters. The molecule has 1 aliphatic rings. The minimum atomic E-state index is 0.388. The highest BCUT2D eigenvalue weighted by Crippen LogP contribution is 2.40. The zero-order valence-corrected chi connectivity index (χ0v) is 14.2. The van der Waals surface area contributed by atoms with Crippen molar-refractivity contribution >= 4 is 40.4 Å². The summed E-state index contributed by atoms with van der Waals surface area (Å²) in [5, 5.41) is 9.33. The van der Waals surface area contributed by atoms with Crippen LogP contribution in [-0.2, 0) is 6.54 Å². The Balaban J connectivity index is 1.68. The number of fused-ring (bicyclic) bond motifs is 1. The molecule has 2 aromatic carbocycles. The first-order valence-electron chi connectivity index (χ1n) is 7.56. The Morgan fingerprint density at radius 3 is 2.33 bits per heavy atom. The topological polar surface area (TPSA) is 32.3 Å². The molecular weight excluding hydrogens is 343 g/mol. The van der Waals surface area contributed by atoms with Gasteiger partial charge in [0, 0.05) is 11.6 Å². The molecule has 0 radical (unpaired) electrons. The van der Waals surface area contributed by atoms with Gasteiger partial charge in [-0.25, -0.2) is 0 Å². The molecule has 0 bridgehead atoms. The number of nitrogens with zero attached hydrogens (tertiary/aromatic N) is 4. The number of para-hydroxylation sites is 2. The third kappa shape index (κ3) is 2.79. The monoisotopic (exact) mass is 356 g/mol. The zero-order valence-electron chi connectivity index (χ0n) is 12.7. The van der Waals surface area contributed by atoms with Gasteiger partial charge in [0.1, 0.15) is 0 Å². The van der Waals surface area contributed by atoms with E-state index in [9.17, 15) is 0 Å². The molecule has 0 saturated heterocycles. The minimum Gasteiger partial charge on any atom is -0.347 e. The third-order valence-electron chi connectivity index (χ3n) is 4.04. The second kappa shape index (κ2) is 6.30. The van der Waals surface area contributed by atoms with E-state index in [1.54, 1.807) is 6.07 Å². The highest BCUT2D eigenvalue weighted by atomic mass is 35.5. The highest BCUT2D eigenvalue weighted by Gasteiger charge is 2.27. The molecule has 0 N–H and O–H groups in total. The van der Waals surface area contributed by atoms with Crippen molar-refractivity contribution in [2.24, 2.45) is 0 Å². The molecule has 0 unspecified atom stereocenters. The fourth-order valence-corrected chi connectivity index (χ4v) is 3.20. The highest BCUT2D eigenvalue weighted by molar-refractivity contribution is 6.31. The minimum absolute atomic E-state index is 0.388. The van der Waals surface area contributed by atoms with Gasteiger partial charge in [0.2, 0.25) is 0 Å². The SMILES string of the molecule is Clc1ccc(N2CN(Cc3ccccc3Cl)c3ccccc32)nn1. The Bertz CT molecular complexity index is 867. The molecule has 24 heavy (non-hydrogen) atoms. The first-order chi connectivity index (χ1) is 11.7. The lowest BCUT2D eigenvalue weighted by Crippen LogP contribution is -2.28. The molecular formula is C18H14Cl2N4. The van der Waals surface area contributed by atoms with Crippen LogP contribution in [0.2, 0.25) is 10.2 Å². The zero-order chi connectivity index (χ0) is 16.5. The fraction of sp³-hybridized carbons (Fsp3) is 0.111. The summed E-state index contributed by atoms with van der Waals surface area (Å²) >= 11 is 12.2. The summed E-state index contributed by atoms with van der Waals surface area (Å²) in [4.78, 5) is 4.39. The molecule has 120 valence electrons. The Morgan fingerprint density at radius 1 is 0.833 bits per heavy atom. The Morgan fingerprint density at radius 2 is 1.58 bits per heavy atom. The van der Waals surface area contributed by atoms with Crippen molar-refractivity contribution in [1.29, 1.82) is 0 Å². The van der Waals surface area contributed by atoms with Gasteiger partial charge in [-0.15, -0.1) is 10.2 Å². The average molecular weight is 357 g/mol. The Kier molecular flexibility index (Phi) is 4.00. The van der Waals surface area contributed by atoms with Gasteiger partial charge in [0.15, 0.2) is 11.0 Å². The molecule has 2 heterocycles. The van der Waals surface area contributed by atoms with Gasteiger partial charge in [0.25, 0.3) is 0 Å². The van der Waals surface area contributed by atoms with Crippen LogP contribution in [-0.4, -0.2) is 16.9 Å². The molecule has 1 aliphatic heterocycles. The van der Waals surface area contributed by atoms with Crippen LogP contribution in [0, 0.1) is 0 Å². The summed E-state index contributed by atoms with van der Waals surface area (Å²) in [7, 11) is 0. The predicted molar refractivity (Wildman–Crippen MR) is 98.1 cm³/mol. The van der Waals surface area contributed by atoms with Crippen LogP contribution >= 0.6 is 23.2 Å². The summed E-state index contributed by atoms with van der Waals surface area (Å²) in [6, 6.07) is 19.8. The van der Waals surface area contributed by atoms with Crippen LogP contribution in [0.4, 0.5) is 17.2 Å². The number of benzene rings is 2. The molecule has 4 nitrogen and oxygen atoms in total. The van der Waals surface area contributed by atoms with Crippen molar-refractivity contribution in [3.05, 3.63) is 76.4 Å². The Hall–Kier alpha value is -2.30. The van der Waals surface area contributed by atoms with E-state index in [4.69, 9.17) is 23.2 Å². The lowest BCUT2D eigenvalue weighted by Gasteiger charge is -2.21. The van der Waals surface area contributed by atoms with Crippen molar-refractivity contribution in [2.75, 3.05) is 16.5 Å². The molecule has 0 fully saturated rings. The van der Waals surface area contributed by atoms with Crippen LogP contribution in [0.15, 0.2) is 60.7 Å². The van der Waals surface area contributed by atoms with Crippen LogP contribution in [0.5, 0.6) is 0 Å². The standard InChI is InChI=1S/C18H14Cl2N4/c19-14-6-2-1-5-13(14)11-23-12-24(16-8-4-3-7-15(16)23)18-10-9-17(20)21-22-18/h1-10H,11-12H2. The predicted octanol–water partition coefficient (Wildman–Crippen LogP) is 4.90. The molecule has 1 aromatic heterocycles. The van der Waals surface area contributed by atoms with E-state index in [1.807, 2.05) is 36.4 Å². The van der Waals surface area contributed by atoms with E-state index < -0.39 is 0 Å². The summed E-state index contributed by atoms with van der Waals surface area (Å²) in [6.45, 7) is 1.41. The van der Waals surface area contributed by atoms with Crippen LogP contribution in [0.25, 0.3) is 0 Å². The van der Waals surface area contributed by atoms with Gasteiger partial charge in [-0.2, -0.15) is 0 Å². The largest absolute Gasteiger partial charge is 0.347 e. The summed E-state index contributed by atoms with van der Waals surface area (Å²) in [5.74, 6) is 0.772. The number of rotatable bonds is 3. The van der Waals surface area contributed by atoms with Gasteiger partial charge in [-0.05, 0) is 35.9 Å². The van der Waals surface area contributed by atoms with E-state index in [0.717, 1.165) is 34.3 Å². The summed E-state index contributed by atoms with van der Waals surface area (Å²) in [5.41, 5.74) is 3.34. The van der Waals surface area contributed by atoms with Gasteiger partial charge in [0.05, 0.1) is 18.0 Å². The second-order valence-electron chi connectivity index (χ2n) is 5.56. The number of halogens is 2. The number of aromatic nitrogens is 2. The van der Waals surface area contributed by atoms with Gasteiger partial charge in [-0.3, -0.25) is 0 Å². The molecule has 0 amide bonds. The fourth-order valence-electron chi connectivity index (χ4n) is 2.90. The average Bonchev–Trinajstić information content (AvgIpc) is 2.97. The van der Waals surface area contributed by atoms with Crippen molar-refractivity contribution in [3.8, 4) is 0 Å². The quantitative estimate of drug-likeness (QED) is 0.668. The van der Waals surface area contributed by atoms with E-state index >= 15 is 0 Å². The summed E-state index contributed by atoms with van der Waals surface area (Å²) < 4.78 is 0. The molecule has 3 aromatic rings. The van der Waals surface area contributed by atoms with E-state index in [2.05, 4.69) is 38.2 Å². The van der Waals surface area contributed by atoms with Crippen LogP contribution in [0.3, 0.4) is 0 Å². The van der Waals surface area contributed by atoms with Crippen LogP contribution in [0.1, 0.15) is 5.56 Å². The van der Waals surface area contributed by atoms with Gasteiger partial charge in [-0.1, -0.05) is 53.5 Å². The van der Waals surface area contributed by atoms with Gasteiger partial charge < -0.3 is 9.80 Å².